The molecule has 2 amide bonds. The maximum Gasteiger partial charge on any atom is 0.266 e. The average molecular weight is 411 g/mol. The second-order valence-electron chi connectivity index (χ2n) is 6.77. The SMILES string of the molecule is O=C(NCCn1nc(-n2cncn2)ccc1=O)C1CC(=O)N(c2cccc(F)c2)C1. The van der Waals surface area contributed by atoms with Gasteiger partial charge in [0.15, 0.2) is 5.82 Å². The summed E-state index contributed by atoms with van der Waals surface area (Å²) in [7, 11) is 0. The molecule has 10 nitrogen and oxygen atoms in total. The van der Waals surface area contributed by atoms with Crippen molar-refractivity contribution in [3.8, 4) is 5.82 Å². The topological polar surface area (TPSA) is 115 Å². The lowest BCUT2D eigenvalue weighted by Gasteiger charge is -2.16. The molecule has 0 radical (unpaired) electrons. The fourth-order valence-electron chi connectivity index (χ4n) is 3.25. The zero-order chi connectivity index (χ0) is 21.1. The van der Waals surface area contributed by atoms with E-state index in [0.29, 0.717) is 11.5 Å². The van der Waals surface area contributed by atoms with Gasteiger partial charge in [-0.1, -0.05) is 6.07 Å². The van der Waals surface area contributed by atoms with Gasteiger partial charge in [0.05, 0.1) is 12.5 Å². The minimum absolute atomic E-state index is 0.0440. The van der Waals surface area contributed by atoms with Crippen LogP contribution < -0.4 is 15.8 Å². The van der Waals surface area contributed by atoms with Crippen LogP contribution in [0.15, 0.2) is 53.8 Å². The highest BCUT2D eigenvalue weighted by Crippen LogP contribution is 2.25. The van der Waals surface area contributed by atoms with Gasteiger partial charge in [-0.2, -0.15) is 5.10 Å². The number of halogens is 1. The van der Waals surface area contributed by atoms with Gasteiger partial charge in [-0.05, 0) is 24.3 Å². The Balaban J connectivity index is 1.35. The molecule has 1 aromatic carbocycles. The molecule has 0 aliphatic carbocycles. The molecule has 4 rings (SSSR count). The van der Waals surface area contributed by atoms with Crippen molar-refractivity contribution in [2.45, 2.75) is 13.0 Å². The summed E-state index contributed by atoms with van der Waals surface area (Å²) in [6.07, 6.45) is 2.86. The van der Waals surface area contributed by atoms with E-state index in [-0.39, 0.29) is 43.4 Å². The third-order valence-electron chi connectivity index (χ3n) is 4.74. The number of nitrogens with one attached hydrogen (secondary N) is 1. The second-order valence-corrected chi connectivity index (χ2v) is 6.77. The van der Waals surface area contributed by atoms with Crippen LogP contribution in [0.3, 0.4) is 0 Å². The lowest BCUT2D eigenvalue weighted by atomic mass is 10.1. The first-order valence-electron chi connectivity index (χ1n) is 9.28. The first-order valence-corrected chi connectivity index (χ1v) is 9.28. The number of rotatable bonds is 6. The summed E-state index contributed by atoms with van der Waals surface area (Å²) in [6.45, 7) is 0.493. The Morgan fingerprint density at radius 1 is 1.23 bits per heavy atom. The van der Waals surface area contributed by atoms with Crippen molar-refractivity contribution in [3.05, 3.63) is 65.2 Å². The molecule has 3 aromatic rings. The minimum atomic E-state index is -0.549. The molecule has 0 saturated carbocycles. The Morgan fingerprint density at radius 3 is 2.87 bits per heavy atom. The monoisotopic (exact) mass is 411 g/mol. The van der Waals surface area contributed by atoms with Gasteiger partial charge in [0.1, 0.15) is 18.5 Å². The van der Waals surface area contributed by atoms with Crippen molar-refractivity contribution in [3.63, 3.8) is 0 Å². The third kappa shape index (κ3) is 4.09. The van der Waals surface area contributed by atoms with Crippen LogP contribution in [-0.2, 0) is 16.1 Å². The first kappa shape index (κ1) is 19.4. The number of carbonyl (C=O) groups is 2. The van der Waals surface area contributed by atoms with Crippen molar-refractivity contribution in [1.82, 2.24) is 29.9 Å². The van der Waals surface area contributed by atoms with Gasteiger partial charge in [0.2, 0.25) is 11.8 Å². The van der Waals surface area contributed by atoms with Crippen LogP contribution in [0.4, 0.5) is 10.1 Å². The Labute approximate surface area is 169 Å². The highest BCUT2D eigenvalue weighted by molar-refractivity contribution is 6.00. The molecule has 0 spiro atoms. The van der Waals surface area contributed by atoms with Gasteiger partial charge in [-0.3, -0.25) is 14.4 Å². The summed E-state index contributed by atoms with van der Waals surface area (Å²) in [4.78, 5) is 42.0. The maximum absolute atomic E-state index is 13.4. The van der Waals surface area contributed by atoms with Gasteiger partial charge in [-0.25, -0.2) is 18.7 Å². The number of hydrogen-bond acceptors (Lipinski definition) is 6. The molecule has 1 unspecified atom stereocenters. The van der Waals surface area contributed by atoms with Crippen LogP contribution in [0.25, 0.3) is 5.82 Å². The number of aromatic nitrogens is 5. The molecule has 1 saturated heterocycles. The van der Waals surface area contributed by atoms with Gasteiger partial charge >= 0.3 is 0 Å². The number of carbonyl (C=O) groups excluding carboxylic acids is 2. The predicted octanol–water partition coefficient (Wildman–Crippen LogP) is 0.132. The smallest absolute Gasteiger partial charge is 0.266 e. The fourth-order valence-corrected chi connectivity index (χ4v) is 3.25. The van der Waals surface area contributed by atoms with E-state index in [1.54, 1.807) is 6.07 Å². The van der Waals surface area contributed by atoms with Gasteiger partial charge in [-0.15, -0.1) is 5.10 Å². The van der Waals surface area contributed by atoms with Crippen molar-refractivity contribution >= 4 is 17.5 Å². The van der Waals surface area contributed by atoms with E-state index >= 15 is 0 Å². The zero-order valence-corrected chi connectivity index (χ0v) is 15.8. The molecule has 2 aromatic heterocycles. The molecular weight excluding hydrogens is 393 g/mol. The summed E-state index contributed by atoms with van der Waals surface area (Å²) in [5.41, 5.74) is 0.109. The zero-order valence-electron chi connectivity index (χ0n) is 15.8. The number of anilines is 1. The first-order chi connectivity index (χ1) is 14.5. The van der Waals surface area contributed by atoms with E-state index in [2.05, 4.69) is 20.5 Å². The van der Waals surface area contributed by atoms with Gasteiger partial charge in [0.25, 0.3) is 5.56 Å². The Morgan fingerprint density at radius 2 is 2.10 bits per heavy atom. The normalized spacial score (nSPS) is 16.1. The van der Waals surface area contributed by atoms with Crippen LogP contribution in [-0.4, -0.2) is 49.4 Å². The van der Waals surface area contributed by atoms with Crippen LogP contribution in [0.2, 0.25) is 0 Å². The highest BCUT2D eigenvalue weighted by Gasteiger charge is 2.35. The molecule has 3 heterocycles. The molecule has 1 atom stereocenters. The average Bonchev–Trinajstić information content (AvgIpc) is 3.39. The number of amides is 2. The number of hydrogen-bond donors (Lipinski definition) is 1. The summed E-state index contributed by atoms with van der Waals surface area (Å²) in [6, 6.07) is 8.58. The van der Waals surface area contributed by atoms with Crippen molar-refractivity contribution < 1.29 is 14.0 Å². The minimum Gasteiger partial charge on any atom is -0.354 e. The lowest BCUT2D eigenvalue weighted by Crippen LogP contribution is -2.36. The Kier molecular flexibility index (Phi) is 5.33. The standard InChI is InChI=1S/C19H18FN7O3/c20-14-2-1-3-15(9-14)25-10-13(8-18(25)29)19(30)22-6-7-26-17(28)5-4-16(24-26)27-12-21-11-23-27/h1-5,9,11-13H,6-8,10H2,(H,22,30). The molecule has 154 valence electrons. The van der Waals surface area contributed by atoms with E-state index in [1.807, 2.05) is 0 Å². The fraction of sp³-hybridized carbons (Fsp3) is 0.263. The lowest BCUT2D eigenvalue weighted by molar-refractivity contribution is -0.126. The van der Waals surface area contributed by atoms with E-state index < -0.39 is 11.7 Å². The maximum atomic E-state index is 13.4. The summed E-state index contributed by atoms with van der Waals surface area (Å²) in [5, 5.41) is 10.9. The van der Waals surface area contributed by atoms with Crippen LogP contribution in [0.1, 0.15) is 6.42 Å². The summed E-state index contributed by atoms with van der Waals surface area (Å²) in [5.74, 6) is -1.11. The molecule has 11 heteroatoms. The van der Waals surface area contributed by atoms with Crippen LogP contribution in [0, 0.1) is 11.7 Å². The molecule has 1 fully saturated rings. The largest absolute Gasteiger partial charge is 0.354 e. The summed E-state index contributed by atoms with van der Waals surface area (Å²) < 4.78 is 16.1. The molecule has 30 heavy (non-hydrogen) atoms. The molecule has 1 aliphatic heterocycles. The van der Waals surface area contributed by atoms with E-state index in [1.165, 1.54) is 57.2 Å². The number of benzene rings is 1. The second kappa shape index (κ2) is 8.23. The third-order valence-corrected chi connectivity index (χ3v) is 4.74. The quantitative estimate of drug-likeness (QED) is 0.617. The van der Waals surface area contributed by atoms with Crippen LogP contribution in [0.5, 0.6) is 0 Å². The summed E-state index contributed by atoms with van der Waals surface area (Å²) >= 11 is 0. The van der Waals surface area contributed by atoms with Crippen molar-refractivity contribution in [2.75, 3.05) is 18.0 Å². The van der Waals surface area contributed by atoms with Crippen molar-refractivity contribution in [1.29, 1.82) is 0 Å². The van der Waals surface area contributed by atoms with Gasteiger partial charge in [0, 0.05) is 31.3 Å². The Hall–Kier alpha value is -3.89. The van der Waals surface area contributed by atoms with E-state index in [4.69, 9.17) is 0 Å². The molecular formula is C19H18FN7O3. The highest BCUT2D eigenvalue weighted by atomic mass is 19.1. The predicted molar refractivity (Wildman–Crippen MR) is 103 cm³/mol. The number of nitrogens with zero attached hydrogens (tertiary/aromatic N) is 6. The van der Waals surface area contributed by atoms with E-state index in [0.717, 1.165) is 0 Å². The molecule has 1 aliphatic rings. The Bertz CT molecular complexity index is 1130. The van der Waals surface area contributed by atoms with Crippen molar-refractivity contribution in [2.24, 2.45) is 5.92 Å². The van der Waals surface area contributed by atoms with Crippen LogP contribution >= 0.6 is 0 Å². The molecule has 0 bridgehead atoms. The van der Waals surface area contributed by atoms with E-state index in [9.17, 15) is 18.8 Å². The molecule has 1 N–H and O–H groups in total. The van der Waals surface area contributed by atoms with Gasteiger partial charge < -0.3 is 10.2 Å².